The first-order chi connectivity index (χ1) is 5.74. The Morgan fingerprint density at radius 1 is 1.17 bits per heavy atom. The molecule has 0 radical (unpaired) electrons. The van der Waals surface area contributed by atoms with E-state index in [4.69, 9.17) is 0 Å². The van der Waals surface area contributed by atoms with Crippen LogP contribution in [0, 0.1) is 11.8 Å². The largest absolute Gasteiger partial charge is 0.111 e. The highest BCUT2D eigenvalue weighted by molar-refractivity contribution is 8.68. The molecule has 0 aromatic rings. The molecule has 0 N–H and O–H groups in total. The van der Waals surface area contributed by atoms with Gasteiger partial charge in [-0.3, -0.25) is 0 Å². The number of thiol groups is 1. The van der Waals surface area contributed by atoms with Crippen LogP contribution in [0.3, 0.4) is 0 Å². The van der Waals surface area contributed by atoms with E-state index >= 15 is 0 Å². The molecule has 1 aliphatic carbocycles. The van der Waals surface area contributed by atoms with Gasteiger partial charge in [-0.2, -0.15) is 0 Å². The summed E-state index contributed by atoms with van der Waals surface area (Å²) in [6.45, 7) is 8.70. The van der Waals surface area contributed by atoms with Gasteiger partial charge in [-0.05, 0) is 24.7 Å². The maximum absolute atomic E-state index is 4.28. The quantitative estimate of drug-likeness (QED) is 0.489. The van der Waals surface area contributed by atoms with E-state index in [1.807, 2.05) is 13.8 Å². The van der Waals surface area contributed by atoms with E-state index in [0.717, 1.165) is 17.1 Å². The van der Waals surface area contributed by atoms with Gasteiger partial charge in [0.1, 0.15) is 0 Å². The molecule has 0 amide bonds. The van der Waals surface area contributed by atoms with Crippen LogP contribution in [0.2, 0.25) is 0 Å². The highest BCUT2D eigenvalue weighted by Gasteiger charge is 2.24. The van der Waals surface area contributed by atoms with Gasteiger partial charge >= 0.3 is 0 Å². The summed E-state index contributed by atoms with van der Waals surface area (Å²) in [6.07, 6.45) is 4.20. The summed E-state index contributed by atoms with van der Waals surface area (Å²) in [5, 5.41) is 0.812. The third kappa shape index (κ3) is 4.08. The van der Waals surface area contributed by atoms with Crippen molar-refractivity contribution >= 4 is 22.5 Å². The first kappa shape index (κ1) is 12.7. The van der Waals surface area contributed by atoms with E-state index in [0.29, 0.717) is 0 Å². The molecular formula is C10H22S2. The fourth-order valence-electron chi connectivity index (χ4n) is 1.63. The highest BCUT2D eigenvalue weighted by Crippen LogP contribution is 2.37. The number of hydrogen-bond acceptors (Lipinski definition) is 2. The van der Waals surface area contributed by atoms with Crippen LogP contribution in [0.5, 0.6) is 0 Å². The highest BCUT2D eigenvalue weighted by atomic mass is 33.1. The van der Waals surface area contributed by atoms with Crippen molar-refractivity contribution in [2.75, 3.05) is 0 Å². The predicted molar refractivity (Wildman–Crippen MR) is 63.9 cm³/mol. The molecule has 0 heterocycles. The van der Waals surface area contributed by atoms with Gasteiger partial charge in [0.15, 0.2) is 0 Å². The maximum Gasteiger partial charge on any atom is 0.0177 e. The minimum Gasteiger partial charge on any atom is -0.111 e. The molecule has 1 saturated carbocycles. The molecule has 0 aromatic carbocycles. The Bertz CT molecular complexity index is 104. The van der Waals surface area contributed by atoms with Gasteiger partial charge in [-0.25, -0.2) is 0 Å². The van der Waals surface area contributed by atoms with Crippen LogP contribution in [0.15, 0.2) is 0 Å². The van der Waals surface area contributed by atoms with E-state index in [-0.39, 0.29) is 0 Å². The van der Waals surface area contributed by atoms with Crippen LogP contribution in [-0.4, -0.2) is 5.25 Å². The molecule has 12 heavy (non-hydrogen) atoms. The Balaban J connectivity index is 0.000000561. The van der Waals surface area contributed by atoms with Gasteiger partial charge in [0.2, 0.25) is 0 Å². The zero-order valence-corrected chi connectivity index (χ0v) is 10.4. The molecule has 0 aromatic heterocycles. The Hall–Kier alpha value is 0.700. The summed E-state index contributed by atoms with van der Waals surface area (Å²) in [4.78, 5) is 0. The summed E-state index contributed by atoms with van der Waals surface area (Å²) in [6, 6.07) is 0. The lowest BCUT2D eigenvalue weighted by Gasteiger charge is -2.30. The van der Waals surface area contributed by atoms with Crippen molar-refractivity contribution in [1.29, 1.82) is 0 Å². The summed E-state index contributed by atoms with van der Waals surface area (Å²) >= 11 is 4.28. The van der Waals surface area contributed by atoms with Crippen molar-refractivity contribution in [3.05, 3.63) is 0 Å². The molecule has 1 rings (SSSR count). The number of hydrogen-bond donors (Lipinski definition) is 1. The molecule has 0 nitrogen and oxygen atoms in total. The molecule has 0 saturated heterocycles. The zero-order valence-electron chi connectivity index (χ0n) is 8.71. The average Bonchev–Trinajstić information content (AvgIpc) is 2.13. The van der Waals surface area contributed by atoms with Crippen LogP contribution in [0.25, 0.3) is 0 Å². The van der Waals surface area contributed by atoms with Crippen molar-refractivity contribution in [2.24, 2.45) is 11.8 Å². The fourth-order valence-corrected chi connectivity index (χ4v) is 3.27. The summed E-state index contributed by atoms with van der Waals surface area (Å²) < 4.78 is 0. The molecule has 3 unspecified atom stereocenters. The van der Waals surface area contributed by atoms with Crippen molar-refractivity contribution in [3.8, 4) is 0 Å². The first-order valence-electron chi connectivity index (χ1n) is 5.04. The van der Waals surface area contributed by atoms with Crippen molar-refractivity contribution in [2.45, 2.75) is 52.2 Å². The molecule has 74 valence electrons. The molecule has 0 spiro atoms. The molecule has 3 atom stereocenters. The van der Waals surface area contributed by atoms with E-state index in [1.165, 1.54) is 19.3 Å². The fraction of sp³-hybridized carbons (Fsp3) is 1.00. The third-order valence-electron chi connectivity index (χ3n) is 2.52. The van der Waals surface area contributed by atoms with Gasteiger partial charge in [0.05, 0.1) is 0 Å². The Kier molecular flexibility index (Phi) is 7.55. The maximum atomic E-state index is 4.28. The number of rotatable bonds is 1. The monoisotopic (exact) mass is 206 g/mol. The lowest BCUT2D eigenvalue weighted by atomic mass is 9.84. The van der Waals surface area contributed by atoms with Crippen LogP contribution in [0.4, 0.5) is 0 Å². The van der Waals surface area contributed by atoms with Gasteiger partial charge in [0, 0.05) is 5.25 Å². The lowest BCUT2D eigenvalue weighted by molar-refractivity contribution is 0.319. The SMILES string of the molecule is CC.CC1CCC(C)C(SS)C1. The Morgan fingerprint density at radius 3 is 2.17 bits per heavy atom. The second kappa shape index (κ2) is 7.14. The van der Waals surface area contributed by atoms with Crippen molar-refractivity contribution in [3.63, 3.8) is 0 Å². The van der Waals surface area contributed by atoms with Crippen LogP contribution in [-0.2, 0) is 0 Å². The lowest BCUT2D eigenvalue weighted by Crippen LogP contribution is -2.22. The molecule has 0 bridgehead atoms. The summed E-state index contributed by atoms with van der Waals surface area (Å²) in [5.74, 6) is 1.82. The summed E-state index contributed by atoms with van der Waals surface area (Å²) in [5.41, 5.74) is 0. The van der Waals surface area contributed by atoms with E-state index in [1.54, 1.807) is 10.8 Å². The topological polar surface area (TPSA) is 0 Å². The first-order valence-corrected chi connectivity index (χ1v) is 6.97. The third-order valence-corrected chi connectivity index (χ3v) is 4.26. The second-order valence-corrected chi connectivity index (χ2v) is 4.99. The molecule has 1 fully saturated rings. The molecule has 2 heteroatoms. The van der Waals surface area contributed by atoms with Gasteiger partial charge in [-0.1, -0.05) is 44.9 Å². The minimum absolute atomic E-state index is 0.812. The van der Waals surface area contributed by atoms with Gasteiger partial charge < -0.3 is 0 Å². The van der Waals surface area contributed by atoms with Crippen molar-refractivity contribution in [1.82, 2.24) is 0 Å². The van der Waals surface area contributed by atoms with E-state index < -0.39 is 0 Å². The standard InChI is InChI=1S/C8H16S2.C2H6/c1-6-3-4-7(2)8(5-6)10-9;1-2/h6-9H,3-5H2,1-2H3;1-2H3. The second-order valence-electron chi connectivity index (χ2n) is 3.54. The molecule has 1 aliphatic rings. The van der Waals surface area contributed by atoms with Crippen LogP contribution in [0.1, 0.15) is 47.0 Å². The van der Waals surface area contributed by atoms with Crippen LogP contribution >= 0.6 is 22.5 Å². The summed E-state index contributed by atoms with van der Waals surface area (Å²) in [7, 11) is 1.75. The Labute approximate surface area is 86.7 Å². The minimum atomic E-state index is 0.812. The van der Waals surface area contributed by atoms with Crippen LogP contribution < -0.4 is 0 Å². The van der Waals surface area contributed by atoms with Gasteiger partial charge in [-0.15, -0.1) is 11.7 Å². The zero-order chi connectivity index (χ0) is 9.56. The van der Waals surface area contributed by atoms with Gasteiger partial charge in [0.25, 0.3) is 0 Å². The smallest absolute Gasteiger partial charge is 0.0177 e. The van der Waals surface area contributed by atoms with Crippen molar-refractivity contribution < 1.29 is 0 Å². The predicted octanol–water partition coefficient (Wildman–Crippen LogP) is 4.42. The normalized spacial score (nSPS) is 35.2. The molecule has 0 aliphatic heterocycles. The molecular weight excluding hydrogens is 184 g/mol. The van der Waals surface area contributed by atoms with E-state index in [2.05, 4.69) is 25.5 Å². The average molecular weight is 206 g/mol. The Morgan fingerprint density at radius 2 is 1.75 bits per heavy atom. The van der Waals surface area contributed by atoms with E-state index in [9.17, 15) is 0 Å².